The Morgan fingerprint density at radius 3 is 2.50 bits per heavy atom. The number of rotatable bonds is 1. The average Bonchev–Trinajstić information content (AvgIpc) is 2.35. The maximum absolute atomic E-state index is 5.40. The van der Waals surface area contributed by atoms with Crippen molar-refractivity contribution in [3.63, 3.8) is 0 Å². The Balaban J connectivity index is 2.29. The molecule has 16 heavy (non-hydrogen) atoms. The van der Waals surface area contributed by atoms with Crippen LogP contribution in [-0.4, -0.2) is 7.11 Å². The lowest BCUT2D eigenvalue weighted by Crippen LogP contribution is -1.97. The van der Waals surface area contributed by atoms with Crippen LogP contribution >= 0.6 is 0 Å². The number of methoxy groups -OCH3 is 1. The first kappa shape index (κ1) is 9.46. The Kier molecular flexibility index (Phi) is 2.17. The van der Waals surface area contributed by atoms with Gasteiger partial charge < -0.3 is 4.74 Å². The first-order valence-electron chi connectivity index (χ1n) is 5.62. The Bertz CT molecular complexity index is 567. The molecule has 0 amide bonds. The van der Waals surface area contributed by atoms with Crippen molar-refractivity contribution in [2.24, 2.45) is 0 Å². The van der Waals surface area contributed by atoms with E-state index in [4.69, 9.17) is 4.74 Å². The molecule has 0 saturated carbocycles. The van der Waals surface area contributed by atoms with Crippen molar-refractivity contribution in [2.75, 3.05) is 7.11 Å². The van der Waals surface area contributed by atoms with E-state index in [1.54, 1.807) is 7.11 Å². The highest BCUT2D eigenvalue weighted by Crippen LogP contribution is 2.30. The third-order valence-electron chi connectivity index (χ3n) is 3.22. The maximum atomic E-state index is 5.40. The molecule has 1 heteroatoms. The van der Waals surface area contributed by atoms with Crippen molar-refractivity contribution >= 4 is 10.8 Å². The van der Waals surface area contributed by atoms with Crippen molar-refractivity contribution in [3.8, 4) is 5.75 Å². The number of ether oxygens (including phenoxy) is 1. The summed E-state index contributed by atoms with van der Waals surface area (Å²) < 4.78 is 5.40. The molecule has 0 spiro atoms. The molecule has 2 aromatic rings. The molecule has 0 unspecified atom stereocenters. The fraction of sp³-hybridized carbons (Fsp3) is 0.200. The Labute approximate surface area is 95.4 Å². The molecule has 2 aromatic carbocycles. The van der Waals surface area contributed by atoms with Gasteiger partial charge >= 0.3 is 0 Å². The molecule has 3 rings (SSSR count). The van der Waals surface area contributed by atoms with Crippen molar-refractivity contribution in [3.05, 3.63) is 53.6 Å². The van der Waals surface area contributed by atoms with Gasteiger partial charge in [-0.2, -0.15) is 0 Å². The van der Waals surface area contributed by atoms with Crippen LogP contribution in [0.15, 0.2) is 42.5 Å². The van der Waals surface area contributed by atoms with Gasteiger partial charge in [0.2, 0.25) is 0 Å². The Hall–Kier alpha value is -1.76. The highest BCUT2D eigenvalue weighted by molar-refractivity contribution is 5.89. The zero-order valence-electron chi connectivity index (χ0n) is 9.36. The predicted molar refractivity (Wildman–Crippen MR) is 67.0 cm³/mol. The minimum atomic E-state index is 0.967. The summed E-state index contributed by atoms with van der Waals surface area (Å²) in [6, 6.07) is 10.8. The highest BCUT2D eigenvalue weighted by atomic mass is 16.5. The summed E-state index contributed by atoms with van der Waals surface area (Å²) in [5.41, 5.74) is 2.88. The van der Waals surface area contributed by atoms with E-state index in [1.807, 2.05) is 12.1 Å². The summed E-state index contributed by atoms with van der Waals surface area (Å²) in [4.78, 5) is 0. The van der Waals surface area contributed by atoms with E-state index in [1.165, 1.54) is 21.9 Å². The molecule has 0 radical (unpaired) electrons. The van der Waals surface area contributed by atoms with E-state index < -0.39 is 0 Å². The summed E-state index contributed by atoms with van der Waals surface area (Å²) in [7, 11) is 1.73. The van der Waals surface area contributed by atoms with Crippen molar-refractivity contribution in [1.29, 1.82) is 0 Å². The van der Waals surface area contributed by atoms with Crippen LogP contribution in [0.3, 0.4) is 0 Å². The van der Waals surface area contributed by atoms with Gasteiger partial charge in [-0.3, -0.25) is 0 Å². The smallest absolute Gasteiger partial charge is 0.126 e. The fourth-order valence-electron chi connectivity index (χ4n) is 2.37. The van der Waals surface area contributed by atoms with Crippen LogP contribution in [0.4, 0.5) is 0 Å². The van der Waals surface area contributed by atoms with Gasteiger partial charge in [-0.05, 0) is 41.5 Å². The second-order valence-electron chi connectivity index (χ2n) is 4.18. The van der Waals surface area contributed by atoms with E-state index in [2.05, 4.69) is 30.4 Å². The molecule has 0 atom stereocenters. The first-order chi connectivity index (χ1) is 7.88. The lowest BCUT2D eigenvalue weighted by Gasteiger charge is -2.14. The van der Waals surface area contributed by atoms with E-state index in [-0.39, 0.29) is 0 Å². The molecule has 0 aliphatic heterocycles. The number of hydrogen-bond acceptors (Lipinski definition) is 1. The molecule has 0 heterocycles. The summed E-state index contributed by atoms with van der Waals surface area (Å²) in [5.74, 6) is 0.967. The van der Waals surface area contributed by atoms with E-state index in [0.717, 1.165) is 18.6 Å². The van der Waals surface area contributed by atoms with Gasteiger partial charge in [0.1, 0.15) is 5.75 Å². The number of benzene rings is 2. The molecule has 80 valence electrons. The minimum absolute atomic E-state index is 0.967. The van der Waals surface area contributed by atoms with Crippen LogP contribution in [0, 0.1) is 0 Å². The monoisotopic (exact) mass is 210 g/mol. The van der Waals surface area contributed by atoms with Crippen molar-refractivity contribution in [2.45, 2.75) is 12.8 Å². The largest absolute Gasteiger partial charge is 0.496 e. The minimum Gasteiger partial charge on any atom is -0.496 e. The normalized spacial score (nSPS) is 13.8. The lowest BCUT2D eigenvalue weighted by molar-refractivity contribution is 0.420. The van der Waals surface area contributed by atoms with Crippen LogP contribution in [0.1, 0.15) is 11.1 Å². The molecular weight excluding hydrogens is 196 g/mol. The molecule has 1 aliphatic rings. The molecule has 0 aromatic heterocycles. The first-order valence-corrected chi connectivity index (χ1v) is 5.62. The Morgan fingerprint density at radius 1 is 1.00 bits per heavy atom. The summed E-state index contributed by atoms with van der Waals surface area (Å²) in [6.07, 6.45) is 6.59. The SMILES string of the molecule is COc1cccc2cc3c(cc12)CC=CC3. The van der Waals surface area contributed by atoms with Gasteiger partial charge in [-0.15, -0.1) is 0 Å². The highest BCUT2D eigenvalue weighted by Gasteiger charge is 2.08. The molecule has 1 nitrogen and oxygen atoms in total. The number of allylic oxidation sites excluding steroid dienone is 2. The molecule has 0 N–H and O–H groups in total. The molecule has 0 saturated heterocycles. The molecule has 0 fully saturated rings. The lowest BCUT2D eigenvalue weighted by atomic mass is 9.93. The standard InChI is InChI=1S/C15H14O/c1-16-15-8-4-7-13-9-11-5-2-3-6-12(11)10-14(13)15/h2-4,7-10H,5-6H2,1H3. The van der Waals surface area contributed by atoms with Crippen LogP contribution in [0.25, 0.3) is 10.8 Å². The van der Waals surface area contributed by atoms with Gasteiger partial charge in [0.25, 0.3) is 0 Å². The van der Waals surface area contributed by atoms with Gasteiger partial charge in [0.05, 0.1) is 7.11 Å². The summed E-state index contributed by atoms with van der Waals surface area (Å²) in [5, 5.41) is 2.49. The molecular formula is C15H14O. The third-order valence-corrected chi connectivity index (χ3v) is 3.22. The zero-order valence-corrected chi connectivity index (χ0v) is 9.36. The molecule has 0 bridgehead atoms. The van der Waals surface area contributed by atoms with E-state index >= 15 is 0 Å². The van der Waals surface area contributed by atoms with Gasteiger partial charge in [0, 0.05) is 5.39 Å². The topological polar surface area (TPSA) is 9.23 Å². The van der Waals surface area contributed by atoms with Crippen LogP contribution in [0.5, 0.6) is 5.75 Å². The van der Waals surface area contributed by atoms with Gasteiger partial charge in [-0.1, -0.05) is 30.4 Å². The summed E-state index contributed by atoms with van der Waals surface area (Å²) in [6.45, 7) is 0. The molecule has 1 aliphatic carbocycles. The van der Waals surface area contributed by atoms with Crippen molar-refractivity contribution < 1.29 is 4.74 Å². The van der Waals surface area contributed by atoms with Crippen LogP contribution in [0.2, 0.25) is 0 Å². The van der Waals surface area contributed by atoms with Crippen molar-refractivity contribution in [1.82, 2.24) is 0 Å². The number of fused-ring (bicyclic) bond motifs is 2. The van der Waals surface area contributed by atoms with Crippen LogP contribution in [-0.2, 0) is 12.8 Å². The second-order valence-corrected chi connectivity index (χ2v) is 4.18. The Morgan fingerprint density at radius 2 is 1.75 bits per heavy atom. The fourth-order valence-corrected chi connectivity index (χ4v) is 2.37. The van der Waals surface area contributed by atoms with E-state index in [0.29, 0.717) is 0 Å². The quantitative estimate of drug-likeness (QED) is 0.654. The second kappa shape index (κ2) is 3.67. The van der Waals surface area contributed by atoms with Gasteiger partial charge in [0.15, 0.2) is 0 Å². The predicted octanol–water partition coefficient (Wildman–Crippen LogP) is 3.50. The van der Waals surface area contributed by atoms with Gasteiger partial charge in [-0.25, -0.2) is 0 Å². The zero-order chi connectivity index (χ0) is 11.0. The third kappa shape index (κ3) is 1.40. The average molecular weight is 210 g/mol. The maximum Gasteiger partial charge on any atom is 0.126 e. The summed E-state index contributed by atoms with van der Waals surface area (Å²) >= 11 is 0. The van der Waals surface area contributed by atoms with Crippen LogP contribution < -0.4 is 4.74 Å². The van der Waals surface area contributed by atoms with E-state index in [9.17, 15) is 0 Å². The number of hydrogen-bond donors (Lipinski definition) is 0.